The van der Waals surface area contributed by atoms with Crippen LogP contribution in [0.4, 0.5) is 8.78 Å². The Kier molecular flexibility index (Phi) is 4.59. The summed E-state index contributed by atoms with van der Waals surface area (Å²) in [5.41, 5.74) is -0.249. The van der Waals surface area contributed by atoms with Gasteiger partial charge in [-0.05, 0) is 33.8 Å². The van der Waals surface area contributed by atoms with E-state index in [2.05, 4.69) is 0 Å². The number of hydrogen-bond acceptors (Lipinski definition) is 3. The highest BCUT2D eigenvalue weighted by Gasteiger charge is 2.52. The fourth-order valence-corrected chi connectivity index (χ4v) is 2.00. The number of ether oxygens (including phenoxy) is 1. The van der Waals surface area contributed by atoms with E-state index in [0.29, 0.717) is 11.2 Å². The molecule has 1 aromatic rings. The van der Waals surface area contributed by atoms with Crippen molar-refractivity contribution in [3.05, 3.63) is 24.3 Å². The zero-order valence-corrected chi connectivity index (χ0v) is 12.9. The molecule has 0 radical (unpaired) electrons. The third kappa shape index (κ3) is 3.38. The van der Waals surface area contributed by atoms with Gasteiger partial charge in [-0.3, -0.25) is 0 Å². The third-order valence-corrected chi connectivity index (χ3v) is 4.01. The lowest BCUT2D eigenvalue weighted by molar-refractivity contribution is 0.00578. The molecule has 0 bridgehead atoms. The molecule has 0 saturated carbocycles. The fourth-order valence-electron chi connectivity index (χ4n) is 2.00. The Morgan fingerprint density at radius 3 is 2.29 bits per heavy atom. The molecule has 1 aliphatic rings. The summed E-state index contributed by atoms with van der Waals surface area (Å²) in [6, 6.07) is 7.10. The lowest BCUT2D eigenvalue weighted by Gasteiger charge is -2.32. The van der Waals surface area contributed by atoms with Crippen LogP contribution in [0, 0.1) is 0 Å². The molecule has 3 nitrogen and oxygen atoms in total. The smallest absolute Gasteiger partial charge is 0.491 e. The van der Waals surface area contributed by atoms with E-state index in [4.69, 9.17) is 14.0 Å². The van der Waals surface area contributed by atoms with Crippen LogP contribution in [0.25, 0.3) is 0 Å². The molecule has 0 N–H and O–H groups in total. The second-order valence-corrected chi connectivity index (χ2v) is 6.19. The summed E-state index contributed by atoms with van der Waals surface area (Å²) in [7, 11) is -0.588. The molecule has 0 aromatic heterocycles. The van der Waals surface area contributed by atoms with Crippen LogP contribution in [-0.4, -0.2) is 37.8 Å². The molecule has 2 rings (SSSR count). The molecule has 1 heterocycles. The average molecular weight is 298 g/mol. The van der Waals surface area contributed by atoms with Crippen molar-refractivity contribution in [1.29, 1.82) is 0 Å². The minimum atomic E-state index is -1.63. The average Bonchev–Trinajstić information content (AvgIpc) is 2.65. The van der Waals surface area contributed by atoms with E-state index in [0.717, 1.165) is 0 Å². The SMILES string of the molecule is CC1(C)OB(c2ccccc2OCC(F)CF)OC1(C)C. The first-order valence-electron chi connectivity index (χ1n) is 7.04. The summed E-state index contributed by atoms with van der Waals surface area (Å²) >= 11 is 0. The van der Waals surface area contributed by atoms with Gasteiger partial charge in [0.2, 0.25) is 0 Å². The monoisotopic (exact) mass is 298 g/mol. The van der Waals surface area contributed by atoms with E-state index in [9.17, 15) is 8.78 Å². The normalized spacial score (nSPS) is 21.3. The summed E-state index contributed by atoms with van der Waals surface area (Å²) in [6.45, 7) is 6.44. The van der Waals surface area contributed by atoms with Crippen molar-refractivity contribution in [1.82, 2.24) is 0 Å². The molecular formula is C15H21BF2O3. The Bertz CT molecular complexity index is 478. The van der Waals surface area contributed by atoms with Crippen molar-refractivity contribution in [3.8, 4) is 5.75 Å². The summed E-state index contributed by atoms with van der Waals surface area (Å²) in [6.07, 6.45) is -1.63. The molecule has 1 unspecified atom stereocenters. The van der Waals surface area contributed by atoms with Crippen molar-refractivity contribution in [3.63, 3.8) is 0 Å². The maximum Gasteiger partial charge on any atom is 0.498 e. The molecular weight excluding hydrogens is 277 g/mol. The summed E-state index contributed by atoms with van der Waals surface area (Å²) in [5, 5.41) is 0. The lowest BCUT2D eigenvalue weighted by atomic mass is 9.78. The number of para-hydroxylation sites is 1. The minimum Gasteiger partial charge on any atom is -0.491 e. The molecule has 21 heavy (non-hydrogen) atoms. The van der Waals surface area contributed by atoms with Gasteiger partial charge in [-0.2, -0.15) is 0 Å². The highest BCUT2D eigenvalue weighted by Crippen LogP contribution is 2.37. The van der Waals surface area contributed by atoms with Crippen LogP contribution in [-0.2, 0) is 9.31 Å². The number of halogens is 2. The molecule has 0 spiro atoms. The predicted molar refractivity (Wildman–Crippen MR) is 78.5 cm³/mol. The molecule has 116 valence electrons. The maximum atomic E-state index is 13.0. The Morgan fingerprint density at radius 2 is 1.71 bits per heavy atom. The van der Waals surface area contributed by atoms with Gasteiger partial charge in [0.1, 0.15) is 19.0 Å². The van der Waals surface area contributed by atoms with E-state index >= 15 is 0 Å². The minimum absolute atomic E-state index is 0.326. The van der Waals surface area contributed by atoms with E-state index in [1.165, 1.54) is 0 Å². The van der Waals surface area contributed by atoms with Crippen LogP contribution in [0.1, 0.15) is 27.7 Å². The van der Waals surface area contributed by atoms with E-state index < -0.39 is 31.2 Å². The quantitative estimate of drug-likeness (QED) is 0.782. The van der Waals surface area contributed by atoms with Gasteiger partial charge >= 0.3 is 7.12 Å². The molecule has 1 fully saturated rings. The van der Waals surface area contributed by atoms with Crippen molar-refractivity contribution >= 4 is 12.6 Å². The number of hydrogen-bond donors (Lipinski definition) is 0. The first kappa shape index (κ1) is 16.2. The van der Waals surface area contributed by atoms with Gasteiger partial charge in [-0.15, -0.1) is 0 Å². The zero-order valence-electron chi connectivity index (χ0n) is 12.9. The van der Waals surface area contributed by atoms with Gasteiger partial charge < -0.3 is 14.0 Å². The summed E-state index contributed by atoms with van der Waals surface area (Å²) < 4.78 is 42.5. The largest absolute Gasteiger partial charge is 0.498 e. The van der Waals surface area contributed by atoms with Gasteiger partial charge in [-0.1, -0.05) is 18.2 Å². The first-order chi connectivity index (χ1) is 9.77. The Balaban J connectivity index is 2.18. The topological polar surface area (TPSA) is 27.7 Å². The molecule has 1 atom stereocenters. The first-order valence-corrected chi connectivity index (χ1v) is 7.04. The van der Waals surface area contributed by atoms with Crippen molar-refractivity contribution in [2.24, 2.45) is 0 Å². The highest BCUT2D eigenvalue weighted by atomic mass is 19.2. The van der Waals surface area contributed by atoms with Crippen LogP contribution < -0.4 is 10.2 Å². The molecule has 0 amide bonds. The highest BCUT2D eigenvalue weighted by molar-refractivity contribution is 6.63. The van der Waals surface area contributed by atoms with Gasteiger partial charge in [0.25, 0.3) is 0 Å². The van der Waals surface area contributed by atoms with Crippen molar-refractivity contribution in [2.45, 2.75) is 45.1 Å². The fraction of sp³-hybridized carbons (Fsp3) is 0.600. The summed E-state index contributed by atoms with van der Waals surface area (Å²) in [4.78, 5) is 0. The number of benzene rings is 1. The van der Waals surface area contributed by atoms with Crippen LogP contribution in [0.2, 0.25) is 0 Å². The Hall–Kier alpha value is -1.14. The molecule has 0 aliphatic carbocycles. The molecule has 1 saturated heterocycles. The van der Waals surface area contributed by atoms with Crippen LogP contribution in [0.15, 0.2) is 24.3 Å². The number of alkyl halides is 2. The molecule has 1 aromatic carbocycles. The molecule has 6 heteroatoms. The van der Waals surface area contributed by atoms with Gasteiger partial charge in [-0.25, -0.2) is 8.78 Å². The standard InChI is InChI=1S/C15H21BF2O3/c1-14(2)15(3,4)21-16(20-14)12-7-5-6-8-13(12)19-10-11(18)9-17/h5-8,11H,9-10H2,1-4H3. The lowest BCUT2D eigenvalue weighted by Crippen LogP contribution is -2.41. The van der Waals surface area contributed by atoms with Crippen LogP contribution in [0.5, 0.6) is 5.75 Å². The van der Waals surface area contributed by atoms with Crippen molar-refractivity contribution in [2.75, 3.05) is 13.3 Å². The second-order valence-electron chi connectivity index (χ2n) is 6.19. The second kappa shape index (κ2) is 5.93. The predicted octanol–water partition coefficient (Wildman–Crippen LogP) is 2.67. The van der Waals surface area contributed by atoms with E-state index in [-0.39, 0.29) is 6.61 Å². The van der Waals surface area contributed by atoms with Crippen LogP contribution >= 0.6 is 0 Å². The maximum absolute atomic E-state index is 13.0. The van der Waals surface area contributed by atoms with Gasteiger partial charge in [0.05, 0.1) is 11.2 Å². The molecule has 1 aliphatic heterocycles. The number of rotatable bonds is 5. The van der Waals surface area contributed by atoms with Gasteiger partial charge in [0.15, 0.2) is 6.17 Å². The zero-order chi connectivity index (χ0) is 15.7. The Labute approximate surface area is 124 Å². The Morgan fingerprint density at radius 1 is 1.14 bits per heavy atom. The van der Waals surface area contributed by atoms with E-state index in [1.54, 1.807) is 18.2 Å². The van der Waals surface area contributed by atoms with E-state index in [1.807, 2.05) is 33.8 Å². The summed E-state index contributed by atoms with van der Waals surface area (Å²) in [5.74, 6) is 0.451. The van der Waals surface area contributed by atoms with Crippen LogP contribution in [0.3, 0.4) is 0 Å². The van der Waals surface area contributed by atoms with Gasteiger partial charge in [0, 0.05) is 5.46 Å². The third-order valence-electron chi connectivity index (χ3n) is 4.01. The van der Waals surface area contributed by atoms with Crippen molar-refractivity contribution < 1.29 is 22.8 Å².